The molecule has 1 heterocycles. The van der Waals surface area contributed by atoms with Crippen LogP contribution in [0.3, 0.4) is 0 Å². The molecule has 2 aromatic rings. The normalized spacial score (nSPS) is 12.7. The summed E-state index contributed by atoms with van der Waals surface area (Å²) in [7, 11) is 0. The summed E-state index contributed by atoms with van der Waals surface area (Å²) in [6, 6.07) is 8.11. The number of nitrogens with zero attached hydrogens (tertiary/aromatic N) is 2. The molecule has 0 saturated heterocycles. The minimum absolute atomic E-state index is 0.0612. The Morgan fingerprint density at radius 3 is 2.60 bits per heavy atom. The first-order valence-electron chi connectivity index (χ1n) is 6.86. The lowest BCUT2D eigenvalue weighted by molar-refractivity contribution is -0.119. The molecule has 0 aliphatic heterocycles. The summed E-state index contributed by atoms with van der Waals surface area (Å²) in [5.41, 5.74) is 2.37. The van der Waals surface area contributed by atoms with Crippen LogP contribution in [0.2, 0.25) is 0 Å². The van der Waals surface area contributed by atoms with E-state index in [0.717, 1.165) is 0 Å². The minimum Gasteiger partial charge on any atom is -0.339 e. The van der Waals surface area contributed by atoms with E-state index in [1.807, 2.05) is 26.0 Å². The van der Waals surface area contributed by atoms with E-state index in [-0.39, 0.29) is 17.6 Å². The van der Waals surface area contributed by atoms with Gasteiger partial charge in [0.2, 0.25) is 5.89 Å². The van der Waals surface area contributed by atoms with Gasteiger partial charge in [-0.05, 0) is 30.9 Å². The Balaban J connectivity index is 2.21. The van der Waals surface area contributed by atoms with E-state index in [9.17, 15) is 4.79 Å². The lowest BCUT2D eigenvalue weighted by atomic mass is 9.92. The number of carbonyl (C=O) groups is 1. The second-order valence-electron chi connectivity index (χ2n) is 5.48. The SMILES string of the molecule is CC(=O)C(c1nc(Cc2ccccc2C)no1)C(C)C. The second kappa shape index (κ2) is 5.99. The van der Waals surface area contributed by atoms with Crippen molar-refractivity contribution in [3.05, 3.63) is 47.1 Å². The highest BCUT2D eigenvalue weighted by atomic mass is 16.5. The van der Waals surface area contributed by atoms with E-state index in [1.165, 1.54) is 11.1 Å². The highest BCUT2D eigenvalue weighted by Gasteiger charge is 2.26. The number of aryl methyl sites for hydroxylation is 1. The molecule has 1 aromatic carbocycles. The number of ketones is 1. The number of aromatic nitrogens is 2. The van der Waals surface area contributed by atoms with E-state index in [0.29, 0.717) is 18.1 Å². The van der Waals surface area contributed by atoms with Crippen LogP contribution in [0.15, 0.2) is 28.8 Å². The van der Waals surface area contributed by atoms with Crippen molar-refractivity contribution in [3.63, 3.8) is 0 Å². The molecule has 0 aliphatic carbocycles. The van der Waals surface area contributed by atoms with E-state index in [4.69, 9.17) is 4.52 Å². The highest BCUT2D eigenvalue weighted by molar-refractivity contribution is 5.82. The van der Waals surface area contributed by atoms with Crippen molar-refractivity contribution in [2.24, 2.45) is 5.92 Å². The number of Topliss-reactive ketones (excluding diaryl/α,β-unsaturated/α-hetero) is 1. The number of carbonyl (C=O) groups excluding carboxylic acids is 1. The molecule has 0 bridgehead atoms. The summed E-state index contributed by atoms with van der Waals surface area (Å²) in [6.45, 7) is 7.59. The molecule has 0 N–H and O–H groups in total. The molecule has 20 heavy (non-hydrogen) atoms. The fourth-order valence-electron chi connectivity index (χ4n) is 2.37. The maximum atomic E-state index is 11.7. The first-order chi connectivity index (χ1) is 9.49. The number of hydrogen-bond acceptors (Lipinski definition) is 4. The summed E-state index contributed by atoms with van der Waals surface area (Å²) in [6.07, 6.45) is 0.624. The molecule has 0 fully saturated rings. The highest BCUT2D eigenvalue weighted by Crippen LogP contribution is 2.24. The molecule has 4 heteroatoms. The largest absolute Gasteiger partial charge is 0.339 e. The second-order valence-corrected chi connectivity index (χ2v) is 5.48. The first-order valence-corrected chi connectivity index (χ1v) is 6.86. The van der Waals surface area contributed by atoms with Crippen LogP contribution in [0.5, 0.6) is 0 Å². The maximum Gasteiger partial charge on any atom is 0.237 e. The average Bonchev–Trinajstić information content (AvgIpc) is 2.79. The van der Waals surface area contributed by atoms with Crippen LogP contribution >= 0.6 is 0 Å². The van der Waals surface area contributed by atoms with Crippen molar-refractivity contribution in [2.75, 3.05) is 0 Å². The standard InChI is InChI=1S/C16H20N2O2/c1-10(2)15(12(4)19)16-17-14(18-20-16)9-13-8-6-5-7-11(13)3/h5-8,10,15H,9H2,1-4H3. The molecule has 0 amide bonds. The first kappa shape index (κ1) is 14.4. The number of benzene rings is 1. The third-order valence-corrected chi connectivity index (χ3v) is 3.46. The van der Waals surface area contributed by atoms with E-state index in [1.54, 1.807) is 6.92 Å². The summed E-state index contributed by atoms with van der Waals surface area (Å²) < 4.78 is 5.28. The molecule has 106 valence electrons. The van der Waals surface area contributed by atoms with Crippen LogP contribution in [0, 0.1) is 12.8 Å². The van der Waals surface area contributed by atoms with Gasteiger partial charge in [-0.15, -0.1) is 0 Å². The molecule has 4 nitrogen and oxygen atoms in total. The molecular weight excluding hydrogens is 252 g/mol. The van der Waals surface area contributed by atoms with Crippen LogP contribution in [-0.2, 0) is 11.2 Å². The van der Waals surface area contributed by atoms with Gasteiger partial charge in [0, 0.05) is 6.42 Å². The molecule has 1 unspecified atom stereocenters. The predicted octanol–water partition coefficient (Wildman–Crippen LogP) is 3.30. The van der Waals surface area contributed by atoms with Gasteiger partial charge in [-0.25, -0.2) is 0 Å². The Bertz CT molecular complexity index is 602. The van der Waals surface area contributed by atoms with Crippen LogP contribution in [0.25, 0.3) is 0 Å². The monoisotopic (exact) mass is 272 g/mol. The molecule has 2 rings (SSSR count). The van der Waals surface area contributed by atoms with E-state index in [2.05, 4.69) is 29.2 Å². The van der Waals surface area contributed by atoms with Crippen molar-refractivity contribution in [2.45, 2.75) is 40.0 Å². The van der Waals surface area contributed by atoms with E-state index < -0.39 is 0 Å². The summed E-state index contributed by atoms with van der Waals surface area (Å²) in [5.74, 6) is 0.954. The third kappa shape index (κ3) is 3.13. The predicted molar refractivity (Wildman–Crippen MR) is 76.5 cm³/mol. The van der Waals surface area contributed by atoms with Crippen molar-refractivity contribution < 1.29 is 9.32 Å². The number of hydrogen-bond donors (Lipinski definition) is 0. The van der Waals surface area contributed by atoms with Gasteiger partial charge in [0.1, 0.15) is 5.78 Å². The molecule has 0 radical (unpaired) electrons. The summed E-state index contributed by atoms with van der Waals surface area (Å²) >= 11 is 0. The lowest BCUT2D eigenvalue weighted by Gasteiger charge is -2.12. The van der Waals surface area contributed by atoms with Crippen LogP contribution < -0.4 is 0 Å². The zero-order valence-electron chi connectivity index (χ0n) is 12.4. The van der Waals surface area contributed by atoms with Gasteiger partial charge < -0.3 is 4.52 Å². The van der Waals surface area contributed by atoms with Gasteiger partial charge in [-0.1, -0.05) is 43.3 Å². The van der Waals surface area contributed by atoms with Gasteiger partial charge in [0.05, 0.1) is 5.92 Å². The molecule has 0 saturated carbocycles. The Hall–Kier alpha value is -1.97. The Morgan fingerprint density at radius 1 is 1.30 bits per heavy atom. The van der Waals surface area contributed by atoms with Crippen molar-refractivity contribution in [1.82, 2.24) is 10.1 Å². The topological polar surface area (TPSA) is 56.0 Å². The maximum absolute atomic E-state index is 11.7. The van der Waals surface area contributed by atoms with Gasteiger partial charge in [-0.3, -0.25) is 4.79 Å². The Kier molecular flexibility index (Phi) is 4.32. The lowest BCUT2D eigenvalue weighted by Crippen LogP contribution is -2.15. The van der Waals surface area contributed by atoms with E-state index >= 15 is 0 Å². The summed E-state index contributed by atoms with van der Waals surface area (Å²) in [5, 5.41) is 4.00. The van der Waals surface area contributed by atoms with Crippen LogP contribution in [0.1, 0.15) is 49.5 Å². The minimum atomic E-state index is -0.312. The fourth-order valence-corrected chi connectivity index (χ4v) is 2.37. The van der Waals surface area contributed by atoms with Gasteiger partial charge in [-0.2, -0.15) is 4.98 Å². The zero-order valence-corrected chi connectivity index (χ0v) is 12.4. The van der Waals surface area contributed by atoms with Crippen LogP contribution in [0.4, 0.5) is 0 Å². The fraction of sp³-hybridized carbons (Fsp3) is 0.438. The van der Waals surface area contributed by atoms with Crippen LogP contribution in [-0.4, -0.2) is 15.9 Å². The smallest absolute Gasteiger partial charge is 0.237 e. The molecular formula is C16H20N2O2. The van der Waals surface area contributed by atoms with Crippen molar-refractivity contribution >= 4 is 5.78 Å². The van der Waals surface area contributed by atoms with Gasteiger partial charge >= 0.3 is 0 Å². The summed E-state index contributed by atoms with van der Waals surface area (Å²) in [4.78, 5) is 16.1. The molecule has 0 aliphatic rings. The van der Waals surface area contributed by atoms with Crippen molar-refractivity contribution in [3.8, 4) is 0 Å². The Labute approximate surface area is 119 Å². The third-order valence-electron chi connectivity index (χ3n) is 3.46. The Morgan fingerprint density at radius 2 is 2.00 bits per heavy atom. The van der Waals surface area contributed by atoms with Gasteiger partial charge in [0.25, 0.3) is 0 Å². The van der Waals surface area contributed by atoms with Gasteiger partial charge in [0.15, 0.2) is 5.82 Å². The number of rotatable bonds is 5. The zero-order chi connectivity index (χ0) is 14.7. The van der Waals surface area contributed by atoms with Crippen molar-refractivity contribution in [1.29, 1.82) is 0 Å². The molecule has 0 spiro atoms. The molecule has 1 atom stereocenters. The average molecular weight is 272 g/mol. The quantitative estimate of drug-likeness (QED) is 0.838. The molecule has 1 aromatic heterocycles.